The molecule has 1 amide bonds. The average molecular weight is 380 g/mol. The molecule has 0 aliphatic heterocycles. The Balaban J connectivity index is 1.72. The number of carbonyl (C=O) groups is 1. The van der Waals surface area contributed by atoms with Crippen molar-refractivity contribution < 1.29 is 18.0 Å². The van der Waals surface area contributed by atoms with Crippen molar-refractivity contribution in [1.29, 1.82) is 0 Å². The van der Waals surface area contributed by atoms with Crippen LogP contribution in [0.4, 0.5) is 18.9 Å². The molecule has 134 valence electrons. The summed E-state index contributed by atoms with van der Waals surface area (Å²) in [6, 6.07) is 9.56. The number of tetrazole rings is 1. The Morgan fingerprint density at radius 1 is 1.19 bits per heavy atom. The molecule has 2 heterocycles. The molecular formula is C15H11F3N6OS. The van der Waals surface area contributed by atoms with Gasteiger partial charge in [-0.3, -0.25) is 4.79 Å². The van der Waals surface area contributed by atoms with E-state index in [0.29, 0.717) is 23.1 Å². The lowest BCUT2D eigenvalue weighted by Gasteiger charge is -2.10. The molecule has 0 aliphatic rings. The van der Waals surface area contributed by atoms with Crippen molar-refractivity contribution in [3.8, 4) is 5.69 Å². The monoisotopic (exact) mass is 380 g/mol. The standard InChI is InChI=1S/C15H11F3N6OS/c16-15(17,18)8-26-14-12(2-1-7-19-14)13(25)21-10-3-5-11(6-4-10)24-9-20-22-23-24/h1-7,9H,8H2,(H,21,25). The van der Waals surface area contributed by atoms with Gasteiger partial charge in [-0.05, 0) is 46.8 Å². The van der Waals surface area contributed by atoms with Crippen molar-refractivity contribution in [2.45, 2.75) is 11.2 Å². The highest BCUT2D eigenvalue weighted by molar-refractivity contribution is 7.99. The van der Waals surface area contributed by atoms with Crippen LogP contribution in [-0.4, -0.2) is 43.0 Å². The van der Waals surface area contributed by atoms with Crippen molar-refractivity contribution in [3.05, 3.63) is 54.5 Å². The highest BCUT2D eigenvalue weighted by Crippen LogP contribution is 2.28. The number of amides is 1. The first kappa shape index (κ1) is 17.9. The highest BCUT2D eigenvalue weighted by atomic mass is 32.2. The summed E-state index contributed by atoms with van der Waals surface area (Å²) in [5, 5.41) is 13.5. The van der Waals surface area contributed by atoms with E-state index in [2.05, 4.69) is 25.8 Å². The van der Waals surface area contributed by atoms with Gasteiger partial charge in [0.1, 0.15) is 11.4 Å². The van der Waals surface area contributed by atoms with Gasteiger partial charge in [0.25, 0.3) is 5.91 Å². The van der Waals surface area contributed by atoms with Gasteiger partial charge in [-0.25, -0.2) is 9.67 Å². The van der Waals surface area contributed by atoms with E-state index in [1.807, 2.05) is 0 Å². The van der Waals surface area contributed by atoms with Gasteiger partial charge >= 0.3 is 6.18 Å². The van der Waals surface area contributed by atoms with Crippen LogP contribution in [0.25, 0.3) is 5.69 Å². The third-order valence-electron chi connectivity index (χ3n) is 3.13. The molecule has 0 aliphatic carbocycles. The predicted molar refractivity (Wildman–Crippen MR) is 88.1 cm³/mol. The maximum atomic E-state index is 12.4. The summed E-state index contributed by atoms with van der Waals surface area (Å²) in [5.74, 6) is -1.66. The number of hydrogen-bond donors (Lipinski definition) is 1. The molecular weight excluding hydrogens is 369 g/mol. The summed E-state index contributed by atoms with van der Waals surface area (Å²) in [4.78, 5) is 16.3. The quantitative estimate of drug-likeness (QED) is 0.685. The molecule has 0 spiro atoms. The predicted octanol–water partition coefficient (Wildman–Crippen LogP) is 2.96. The zero-order valence-corrected chi connectivity index (χ0v) is 13.8. The van der Waals surface area contributed by atoms with E-state index < -0.39 is 17.8 Å². The molecule has 0 unspecified atom stereocenters. The second kappa shape index (κ2) is 7.52. The van der Waals surface area contributed by atoms with Gasteiger partial charge in [-0.15, -0.1) is 5.10 Å². The van der Waals surface area contributed by atoms with E-state index in [1.54, 1.807) is 24.3 Å². The van der Waals surface area contributed by atoms with E-state index in [0.717, 1.165) is 0 Å². The summed E-state index contributed by atoms with van der Waals surface area (Å²) in [6.45, 7) is 0. The van der Waals surface area contributed by atoms with Crippen LogP contribution < -0.4 is 5.32 Å². The molecule has 7 nitrogen and oxygen atoms in total. The Bertz CT molecular complexity index is 883. The number of nitrogens with one attached hydrogen (secondary N) is 1. The minimum atomic E-state index is -4.35. The van der Waals surface area contributed by atoms with Crippen molar-refractivity contribution in [2.75, 3.05) is 11.1 Å². The van der Waals surface area contributed by atoms with Gasteiger partial charge in [-0.1, -0.05) is 11.8 Å². The molecule has 2 aromatic heterocycles. The second-order valence-corrected chi connectivity index (χ2v) is 5.98. The summed E-state index contributed by atoms with van der Waals surface area (Å²) >= 11 is 0.471. The van der Waals surface area contributed by atoms with E-state index >= 15 is 0 Å². The van der Waals surface area contributed by atoms with Gasteiger partial charge in [0.2, 0.25) is 0 Å². The smallest absolute Gasteiger partial charge is 0.322 e. The number of pyridine rings is 1. The summed E-state index contributed by atoms with van der Waals surface area (Å²) in [6.07, 6.45) is -1.58. The fraction of sp³-hybridized carbons (Fsp3) is 0.133. The van der Waals surface area contributed by atoms with Crippen molar-refractivity contribution in [2.24, 2.45) is 0 Å². The number of thioether (sulfide) groups is 1. The number of halogens is 3. The Hall–Kier alpha value is -2.95. The number of nitrogens with zero attached hydrogens (tertiary/aromatic N) is 5. The van der Waals surface area contributed by atoms with Crippen LogP contribution >= 0.6 is 11.8 Å². The van der Waals surface area contributed by atoms with E-state index in [1.165, 1.54) is 29.3 Å². The SMILES string of the molecule is O=C(Nc1ccc(-n2cnnn2)cc1)c1cccnc1SCC(F)(F)F. The third kappa shape index (κ3) is 4.57. The van der Waals surface area contributed by atoms with E-state index in [-0.39, 0.29) is 10.6 Å². The zero-order valence-electron chi connectivity index (χ0n) is 13.0. The van der Waals surface area contributed by atoms with Crippen LogP contribution in [0.15, 0.2) is 53.9 Å². The molecule has 0 atom stereocenters. The molecule has 26 heavy (non-hydrogen) atoms. The van der Waals surface area contributed by atoms with Crippen LogP contribution in [0.2, 0.25) is 0 Å². The first-order valence-corrected chi connectivity index (χ1v) is 8.20. The second-order valence-electron chi connectivity index (χ2n) is 5.02. The Kier molecular flexibility index (Phi) is 5.16. The maximum Gasteiger partial charge on any atom is 0.398 e. The maximum absolute atomic E-state index is 12.4. The van der Waals surface area contributed by atoms with Crippen molar-refractivity contribution in [1.82, 2.24) is 25.2 Å². The third-order valence-corrected chi connectivity index (χ3v) is 4.20. The van der Waals surface area contributed by atoms with Crippen LogP contribution in [0.1, 0.15) is 10.4 Å². The lowest BCUT2D eigenvalue weighted by molar-refractivity contribution is -0.105. The highest BCUT2D eigenvalue weighted by Gasteiger charge is 2.28. The number of rotatable bonds is 5. The van der Waals surface area contributed by atoms with E-state index in [9.17, 15) is 18.0 Å². The fourth-order valence-electron chi connectivity index (χ4n) is 2.00. The van der Waals surface area contributed by atoms with Crippen LogP contribution in [-0.2, 0) is 0 Å². The zero-order chi connectivity index (χ0) is 18.6. The van der Waals surface area contributed by atoms with Crippen molar-refractivity contribution >= 4 is 23.4 Å². The molecule has 3 rings (SSSR count). The minimum Gasteiger partial charge on any atom is -0.322 e. The normalized spacial score (nSPS) is 11.3. The van der Waals surface area contributed by atoms with Gasteiger partial charge in [0.15, 0.2) is 0 Å². The van der Waals surface area contributed by atoms with Gasteiger partial charge in [-0.2, -0.15) is 13.2 Å². The summed E-state index contributed by atoms with van der Waals surface area (Å²) in [7, 11) is 0. The molecule has 0 saturated heterocycles. The van der Waals surface area contributed by atoms with Crippen LogP contribution in [0.5, 0.6) is 0 Å². The molecule has 0 fully saturated rings. The molecule has 0 saturated carbocycles. The molecule has 0 bridgehead atoms. The first-order valence-electron chi connectivity index (χ1n) is 7.22. The number of carbonyl (C=O) groups excluding carboxylic acids is 1. The number of hydrogen-bond acceptors (Lipinski definition) is 6. The molecule has 1 N–H and O–H groups in total. The first-order chi connectivity index (χ1) is 12.4. The fourth-order valence-corrected chi connectivity index (χ4v) is 2.76. The molecule has 0 radical (unpaired) electrons. The van der Waals surface area contributed by atoms with Gasteiger partial charge < -0.3 is 5.32 Å². The number of alkyl halides is 3. The van der Waals surface area contributed by atoms with E-state index in [4.69, 9.17) is 0 Å². The molecule has 1 aromatic carbocycles. The number of benzene rings is 1. The van der Waals surface area contributed by atoms with Crippen LogP contribution in [0.3, 0.4) is 0 Å². The summed E-state index contributed by atoms with van der Waals surface area (Å²) < 4.78 is 38.7. The van der Waals surface area contributed by atoms with Crippen molar-refractivity contribution in [3.63, 3.8) is 0 Å². The van der Waals surface area contributed by atoms with Gasteiger partial charge in [0, 0.05) is 11.9 Å². The lowest BCUT2D eigenvalue weighted by atomic mass is 10.2. The average Bonchev–Trinajstić information content (AvgIpc) is 3.15. The van der Waals surface area contributed by atoms with Crippen LogP contribution in [0, 0.1) is 0 Å². The number of anilines is 1. The minimum absolute atomic E-state index is 0.0210. The Morgan fingerprint density at radius 2 is 1.96 bits per heavy atom. The molecule has 3 aromatic rings. The largest absolute Gasteiger partial charge is 0.398 e. The summed E-state index contributed by atoms with van der Waals surface area (Å²) in [5.41, 5.74) is 1.24. The molecule has 11 heteroatoms. The van der Waals surface area contributed by atoms with Gasteiger partial charge in [0.05, 0.1) is 17.0 Å². The topological polar surface area (TPSA) is 85.6 Å². The lowest BCUT2D eigenvalue weighted by Crippen LogP contribution is -2.15. The Labute approximate surface area is 149 Å². The number of aromatic nitrogens is 5. The Morgan fingerprint density at radius 3 is 2.62 bits per heavy atom.